The molecule has 0 aromatic carbocycles. The summed E-state index contributed by atoms with van der Waals surface area (Å²) < 4.78 is 47.3. The molecule has 1 aromatic rings. The second kappa shape index (κ2) is 5.57. The minimum Gasteiger partial charge on any atom is -0.240 e. The number of nitrogens with zero attached hydrogens (tertiary/aromatic N) is 1. The highest BCUT2D eigenvalue weighted by molar-refractivity contribution is 14.1. The summed E-state index contributed by atoms with van der Waals surface area (Å²) in [4.78, 5) is 3.96. The van der Waals surface area contributed by atoms with Crippen molar-refractivity contribution in [2.75, 3.05) is 6.26 Å². The third-order valence-electron chi connectivity index (χ3n) is 1.79. The van der Waals surface area contributed by atoms with E-state index in [0.29, 0.717) is 14.8 Å². The number of rotatable bonds is 4. The zero-order chi connectivity index (χ0) is 14.1. The van der Waals surface area contributed by atoms with Crippen molar-refractivity contribution >= 4 is 54.2 Å². The van der Waals surface area contributed by atoms with Crippen LogP contribution in [0.15, 0.2) is 6.07 Å². The van der Waals surface area contributed by atoms with E-state index in [-0.39, 0.29) is 5.15 Å². The van der Waals surface area contributed by atoms with Crippen molar-refractivity contribution in [2.45, 2.75) is 12.7 Å². The molecule has 0 amide bonds. The van der Waals surface area contributed by atoms with Gasteiger partial charge in [0.15, 0.2) is 0 Å². The quantitative estimate of drug-likeness (QED) is 0.575. The molecule has 0 radical (unpaired) electrons. The third-order valence-corrected chi connectivity index (χ3v) is 6.38. The van der Waals surface area contributed by atoms with Crippen LogP contribution in [-0.4, -0.2) is 28.1 Å². The molecular formula is C8H10ClIN2O4S2. The first-order valence-corrected chi connectivity index (χ1v) is 9.53. The molecule has 1 heterocycles. The van der Waals surface area contributed by atoms with Crippen LogP contribution in [0.4, 0.5) is 0 Å². The fourth-order valence-corrected chi connectivity index (χ4v) is 4.95. The molecule has 0 aliphatic heterocycles. The highest BCUT2D eigenvalue weighted by atomic mass is 127. The summed E-state index contributed by atoms with van der Waals surface area (Å²) in [5.41, 5.74) is 0.997. The van der Waals surface area contributed by atoms with Crippen LogP contribution in [0, 0.1) is 10.5 Å². The highest BCUT2D eigenvalue weighted by Crippen LogP contribution is 2.21. The molecule has 0 bridgehead atoms. The predicted octanol–water partition coefficient (Wildman–Crippen LogP) is 1.03. The maximum Gasteiger partial charge on any atom is 0.228 e. The molecule has 0 saturated carbocycles. The smallest absolute Gasteiger partial charge is 0.228 e. The average Bonchev–Trinajstić information content (AvgIpc) is 2.08. The summed E-state index contributed by atoms with van der Waals surface area (Å²) >= 11 is 7.67. The van der Waals surface area contributed by atoms with Crippen molar-refractivity contribution in [3.05, 3.63) is 26.0 Å². The van der Waals surface area contributed by atoms with Gasteiger partial charge < -0.3 is 0 Å². The first-order valence-electron chi connectivity index (χ1n) is 4.53. The predicted molar refractivity (Wildman–Crippen MR) is 77.3 cm³/mol. The van der Waals surface area contributed by atoms with Gasteiger partial charge in [0.05, 0.1) is 17.7 Å². The minimum atomic E-state index is -3.98. The van der Waals surface area contributed by atoms with Crippen LogP contribution in [0.25, 0.3) is 0 Å². The molecule has 1 N–H and O–H groups in total. The van der Waals surface area contributed by atoms with Gasteiger partial charge in [0.25, 0.3) is 0 Å². The Balaban J connectivity index is 3.13. The van der Waals surface area contributed by atoms with Crippen LogP contribution in [0.1, 0.15) is 11.3 Å². The molecule has 0 unspecified atom stereocenters. The summed E-state index contributed by atoms with van der Waals surface area (Å²) in [6, 6.07) is 1.40. The summed E-state index contributed by atoms with van der Waals surface area (Å²) in [6.45, 7) is 1.69. The van der Waals surface area contributed by atoms with Crippen LogP contribution in [0.3, 0.4) is 0 Å². The van der Waals surface area contributed by atoms with Crippen molar-refractivity contribution in [1.82, 2.24) is 9.11 Å². The molecule has 1 rings (SSSR count). The summed E-state index contributed by atoms with van der Waals surface area (Å²) in [5.74, 6) is -0.471. The molecule has 0 fully saturated rings. The number of aryl methyl sites for hydroxylation is 1. The summed E-state index contributed by atoms with van der Waals surface area (Å²) in [5, 5.41) is 0.164. The average molecular weight is 425 g/mol. The largest absolute Gasteiger partial charge is 0.240 e. The molecule has 102 valence electrons. The van der Waals surface area contributed by atoms with Gasteiger partial charge >= 0.3 is 0 Å². The Hall–Kier alpha value is 0.0300. The standard InChI is InChI=1S/C8H10ClIN2O4S2/c1-5-8(10)6(3-7(9)11-5)4-18(15,16)12-17(2,13)14/h3,12H,4H2,1-2H3. The molecule has 0 atom stereocenters. The first-order chi connectivity index (χ1) is 8.00. The Kier molecular flexibility index (Phi) is 4.98. The molecule has 0 spiro atoms. The van der Waals surface area contributed by atoms with Crippen LogP contribution in [0.2, 0.25) is 5.15 Å². The summed E-state index contributed by atoms with van der Waals surface area (Å²) in [7, 11) is -7.80. The van der Waals surface area contributed by atoms with Crippen LogP contribution in [0.5, 0.6) is 0 Å². The van der Waals surface area contributed by atoms with Gasteiger partial charge in [-0.05, 0) is 41.1 Å². The van der Waals surface area contributed by atoms with E-state index in [4.69, 9.17) is 11.6 Å². The molecule has 0 saturated heterocycles. The molecule has 6 nitrogen and oxygen atoms in total. The van der Waals surface area contributed by atoms with Gasteiger partial charge in [0.1, 0.15) is 5.15 Å². The maximum atomic E-state index is 11.6. The van der Waals surface area contributed by atoms with Gasteiger partial charge in [0.2, 0.25) is 20.0 Å². The molecule has 0 aliphatic carbocycles. The Morgan fingerprint density at radius 3 is 2.44 bits per heavy atom. The van der Waals surface area contributed by atoms with Crippen LogP contribution in [-0.2, 0) is 25.8 Å². The lowest BCUT2D eigenvalue weighted by molar-refractivity contribution is 0.579. The molecule has 10 heteroatoms. The van der Waals surface area contributed by atoms with E-state index in [9.17, 15) is 16.8 Å². The van der Waals surface area contributed by atoms with Gasteiger partial charge in [-0.1, -0.05) is 11.6 Å². The maximum absolute atomic E-state index is 11.6. The van der Waals surface area contributed by atoms with E-state index < -0.39 is 25.8 Å². The van der Waals surface area contributed by atoms with Crippen molar-refractivity contribution in [1.29, 1.82) is 0 Å². The number of sulfonamides is 2. The Morgan fingerprint density at radius 2 is 1.94 bits per heavy atom. The zero-order valence-corrected chi connectivity index (χ0v) is 14.0. The van der Waals surface area contributed by atoms with E-state index in [1.807, 2.05) is 22.6 Å². The van der Waals surface area contributed by atoms with E-state index in [1.54, 1.807) is 11.1 Å². The number of aromatic nitrogens is 1. The van der Waals surface area contributed by atoms with Crippen molar-refractivity contribution < 1.29 is 16.8 Å². The van der Waals surface area contributed by atoms with Gasteiger partial charge in [-0.2, -0.15) is 0 Å². The number of hydrogen-bond acceptors (Lipinski definition) is 5. The fourth-order valence-electron chi connectivity index (χ4n) is 1.25. The van der Waals surface area contributed by atoms with E-state index in [2.05, 4.69) is 4.98 Å². The second-order valence-electron chi connectivity index (χ2n) is 3.62. The summed E-state index contributed by atoms with van der Waals surface area (Å²) in [6.07, 6.45) is 0.778. The first kappa shape index (κ1) is 16.1. The number of pyridine rings is 1. The Morgan fingerprint density at radius 1 is 1.39 bits per heavy atom. The van der Waals surface area contributed by atoms with Crippen LogP contribution >= 0.6 is 34.2 Å². The topological polar surface area (TPSA) is 93.2 Å². The Labute approximate surface area is 124 Å². The van der Waals surface area contributed by atoms with E-state index >= 15 is 0 Å². The van der Waals surface area contributed by atoms with Gasteiger partial charge in [0, 0.05) is 3.57 Å². The van der Waals surface area contributed by atoms with Crippen molar-refractivity contribution in [3.8, 4) is 0 Å². The lowest BCUT2D eigenvalue weighted by Gasteiger charge is -2.08. The Bertz CT molecular complexity index is 673. The van der Waals surface area contributed by atoms with Gasteiger partial charge in [-0.3, -0.25) is 0 Å². The molecule has 18 heavy (non-hydrogen) atoms. The lowest BCUT2D eigenvalue weighted by Crippen LogP contribution is -2.30. The molecule has 0 aliphatic rings. The molecular weight excluding hydrogens is 415 g/mol. The molecule has 1 aromatic heterocycles. The number of nitrogens with one attached hydrogen (secondary N) is 1. The monoisotopic (exact) mass is 424 g/mol. The van der Waals surface area contributed by atoms with Crippen LogP contribution < -0.4 is 4.13 Å². The zero-order valence-electron chi connectivity index (χ0n) is 9.44. The van der Waals surface area contributed by atoms with Crippen molar-refractivity contribution in [3.63, 3.8) is 0 Å². The number of hydrogen-bond donors (Lipinski definition) is 1. The normalized spacial score (nSPS) is 12.7. The number of halogens is 2. The minimum absolute atomic E-state index is 0.164. The highest BCUT2D eigenvalue weighted by Gasteiger charge is 2.19. The van der Waals surface area contributed by atoms with Gasteiger partial charge in [-0.25, -0.2) is 21.8 Å². The second-order valence-corrected chi connectivity index (χ2v) is 8.81. The third kappa shape index (κ3) is 4.96. The van der Waals surface area contributed by atoms with Crippen molar-refractivity contribution in [2.24, 2.45) is 0 Å². The van der Waals surface area contributed by atoms with Gasteiger partial charge in [-0.15, -0.1) is 4.13 Å². The lowest BCUT2D eigenvalue weighted by atomic mass is 10.2. The fraction of sp³-hybridized carbons (Fsp3) is 0.375. The van der Waals surface area contributed by atoms with E-state index in [0.717, 1.165) is 6.26 Å². The SMILES string of the molecule is Cc1nc(Cl)cc(CS(=O)(=O)NS(C)(=O)=O)c1I. The van der Waals surface area contributed by atoms with E-state index in [1.165, 1.54) is 6.07 Å².